The molecular formula is C38H34F6N2O2. The van der Waals surface area contributed by atoms with E-state index < -0.39 is 34.3 Å². The molecule has 0 aliphatic heterocycles. The molecule has 0 aromatic heterocycles. The minimum Gasteiger partial charge on any atom is -0.457 e. The van der Waals surface area contributed by atoms with Crippen molar-refractivity contribution in [1.29, 1.82) is 0 Å². The molecule has 0 fully saturated rings. The van der Waals surface area contributed by atoms with Crippen molar-refractivity contribution < 1.29 is 35.8 Å². The number of hydrogen-bond acceptors (Lipinski definition) is 4. The van der Waals surface area contributed by atoms with Crippen molar-refractivity contribution in [3.05, 3.63) is 143 Å². The van der Waals surface area contributed by atoms with Crippen molar-refractivity contribution in [1.82, 2.24) is 0 Å². The third-order valence-electron chi connectivity index (χ3n) is 8.53. The minimum atomic E-state index is -4.63. The van der Waals surface area contributed by atoms with Crippen LogP contribution >= 0.6 is 0 Å². The molecule has 10 heteroatoms. The van der Waals surface area contributed by atoms with Crippen LogP contribution in [0.15, 0.2) is 109 Å². The van der Waals surface area contributed by atoms with Gasteiger partial charge in [0.05, 0.1) is 0 Å². The Morgan fingerprint density at radius 3 is 1.12 bits per heavy atom. The average molecular weight is 665 g/mol. The van der Waals surface area contributed by atoms with Gasteiger partial charge in [0.1, 0.15) is 34.1 Å². The second-order valence-electron chi connectivity index (χ2n) is 12.6. The topological polar surface area (TPSA) is 70.5 Å². The summed E-state index contributed by atoms with van der Waals surface area (Å²) in [7, 11) is 0. The number of halogens is 6. The normalized spacial score (nSPS) is 12.5. The van der Waals surface area contributed by atoms with Gasteiger partial charge >= 0.3 is 12.4 Å². The number of anilines is 2. The molecule has 0 spiro atoms. The first-order valence-corrected chi connectivity index (χ1v) is 15.0. The van der Waals surface area contributed by atoms with Crippen LogP contribution in [0.2, 0.25) is 0 Å². The summed E-state index contributed by atoms with van der Waals surface area (Å²) >= 11 is 0. The molecule has 0 saturated heterocycles. The zero-order valence-corrected chi connectivity index (χ0v) is 26.6. The highest BCUT2D eigenvalue weighted by Crippen LogP contribution is 2.42. The molecule has 4 N–H and O–H groups in total. The van der Waals surface area contributed by atoms with Gasteiger partial charge in [-0.3, -0.25) is 0 Å². The summed E-state index contributed by atoms with van der Waals surface area (Å²) in [6.07, 6.45) is -9.25. The fourth-order valence-electron chi connectivity index (χ4n) is 5.48. The van der Waals surface area contributed by atoms with Crippen LogP contribution in [-0.2, 0) is 23.2 Å². The van der Waals surface area contributed by atoms with E-state index in [0.29, 0.717) is 0 Å². The molecule has 0 atom stereocenters. The van der Waals surface area contributed by atoms with Gasteiger partial charge in [0.15, 0.2) is 0 Å². The van der Waals surface area contributed by atoms with E-state index in [1.54, 1.807) is 24.3 Å². The van der Waals surface area contributed by atoms with E-state index in [1.165, 1.54) is 24.3 Å². The molecule has 0 radical (unpaired) electrons. The van der Waals surface area contributed by atoms with Gasteiger partial charge < -0.3 is 20.9 Å². The Kier molecular flexibility index (Phi) is 8.90. The molecule has 4 nitrogen and oxygen atoms in total. The van der Waals surface area contributed by atoms with Gasteiger partial charge in [-0.25, -0.2) is 0 Å². The molecule has 5 aromatic rings. The van der Waals surface area contributed by atoms with E-state index in [1.807, 2.05) is 42.5 Å². The summed E-state index contributed by atoms with van der Waals surface area (Å²) in [5.74, 6) is -0.180. The Hall–Kier alpha value is -5.12. The first-order valence-electron chi connectivity index (χ1n) is 15.0. The summed E-state index contributed by atoms with van der Waals surface area (Å²) in [4.78, 5) is 0. The predicted octanol–water partition coefficient (Wildman–Crippen LogP) is 11.1. The lowest BCUT2D eigenvalue weighted by atomic mass is 9.73. The zero-order valence-electron chi connectivity index (χ0n) is 26.6. The monoisotopic (exact) mass is 664 g/mol. The Labute approximate surface area is 274 Å². The Balaban J connectivity index is 1.35. The second kappa shape index (κ2) is 12.5. The van der Waals surface area contributed by atoms with E-state index >= 15 is 0 Å². The van der Waals surface area contributed by atoms with Gasteiger partial charge in [0, 0.05) is 22.2 Å². The molecule has 0 unspecified atom stereocenters. The van der Waals surface area contributed by atoms with Crippen molar-refractivity contribution in [3.63, 3.8) is 0 Å². The van der Waals surface area contributed by atoms with Crippen LogP contribution < -0.4 is 20.9 Å². The standard InChI is InChI=1S/C38H34F6N2O2/c1-35(2,23-8-14-29(15-9-23)47-33-18-12-27(45)21-31(33)37(39,40)41)25-6-5-7-26(20-25)36(3,4)24-10-16-30(17-11-24)48-34-19-13-28(46)22-32(34)38(42,43)44/h5-22H,45-46H2,1-4H3. The molecule has 0 aliphatic carbocycles. The minimum absolute atomic E-state index is 0.0134. The lowest BCUT2D eigenvalue weighted by molar-refractivity contribution is -0.139. The largest absolute Gasteiger partial charge is 0.457 e. The smallest absolute Gasteiger partial charge is 0.420 e. The van der Waals surface area contributed by atoms with Crippen molar-refractivity contribution in [2.24, 2.45) is 0 Å². The van der Waals surface area contributed by atoms with Crippen LogP contribution in [0.4, 0.5) is 37.7 Å². The van der Waals surface area contributed by atoms with Gasteiger partial charge in [-0.2, -0.15) is 26.3 Å². The van der Waals surface area contributed by atoms with Gasteiger partial charge in [0.25, 0.3) is 0 Å². The summed E-state index contributed by atoms with van der Waals surface area (Å²) in [5.41, 5.74) is 12.1. The average Bonchev–Trinajstić information content (AvgIpc) is 3.02. The number of hydrogen-bond donors (Lipinski definition) is 2. The second-order valence-corrected chi connectivity index (χ2v) is 12.6. The molecule has 5 rings (SSSR count). The third kappa shape index (κ3) is 7.22. The van der Waals surface area contributed by atoms with Crippen molar-refractivity contribution in [2.45, 2.75) is 50.9 Å². The van der Waals surface area contributed by atoms with Crippen LogP contribution in [0.3, 0.4) is 0 Å². The number of alkyl halides is 6. The molecule has 5 aromatic carbocycles. The van der Waals surface area contributed by atoms with E-state index in [2.05, 4.69) is 33.8 Å². The van der Waals surface area contributed by atoms with Crippen LogP contribution in [0, 0.1) is 0 Å². The maximum atomic E-state index is 13.5. The number of ether oxygens (including phenoxy) is 2. The van der Waals surface area contributed by atoms with E-state index in [-0.39, 0.29) is 34.4 Å². The molecule has 0 aliphatic rings. The fourth-order valence-corrected chi connectivity index (χ4v) is 5.48. The number of nitrogens with two attached hydrogens (primary N) is 2. The van der Waals surface area contributed by atoms with Crippen LogP contribution in [0.5, 0.6) is 23.0 Å². The number of rotatable bonds is 8. The molecule has 0 amide bonds. The fraction of sp³-hybridized carbons (Fsp3) is 0.211. The zero-order chi connectivity index (χ0) is 35.1. The first kappa shape index (κ1) is 34.2. The summed E-state index contributed by atoms with van der Waals surface area (Å²) < 4.78 is 92.5. The van der Waals surface area contributed by atoms with Crippen molar-refractivity contribution >= 4 is 11.4 Å². The van der Waals surface area contributed by atoms with E-state index in [0.717, 1.165) is 34.4 Å². The van der Waals surface area contributed by atoms with Gasteiger partial charge in [-0.1, -0.05) is 76.2 Å². The highest BCUT2D eigenvalue weighted by molar-refractivity contribution is 5.53. The molecule has 0 heterocycles. The molecule has 250 valence electrons. The highest BCUT2D eigenvalue weighted by Gasteiger charge is 2.36. The highest BCUT2D eigenvalue weighted by atomic mass is 19.4. The maximum Gasteiger partial charge on any atom is 0.420 e. The molecule has 0 bridgehead atoms. The quantitative estimate of drug-likeness (QED) is 0.128. The summed E-state index contributed by atoms with van der Waals surface area (Å²) in [5, 5.41) is 0. The Morgan fingerprint density at radius 2 is 0.792 bits per heavy atom. The van der Waals surface area contributed by atoms with Crippen molar-refractivity contribution in [3.8, 4) is 23.0 Å². The van der Waals surface area contributed by atoms with E-state index in [9.17, 15) is 26.3 Å². The summed E-state index contributed by atoms with van der Waals surface area (Å²) in [6, 6.07) is 28.7. The van der Waals surface area contributed by atoms with Crippen LogP contribution in [0.1, 0.15) is 61.1 Å². The number of benzene rings is 5. The lowest BCUT2D eigenvalue weighted by Crippen LogP contribution is -2.22. The molecular weight excluding hydrogens is 630 g/mol. The van der Waals surface area contributed by atoms with Gasteiger partial charge in [-0.05, 0) is 82.9 Å². The molecule has 48 heavy (non-hydrogen) atoms. The number of nitrogen functional groups attached to an aromatic ring is 2. The van der Waals surface area contributed by atoms with Gasteiger partial charge in [-0.15, -0.1) is 0 Å². The maximum absolute atomic E-state index is 13.5. The Bertz CT molecular complexity index is 1780. The Morgan fingerprint density at radius 1 is 0.438 bits per heavy atom. The third-order valence-corrected chi connectivity index (χ3v) is 8.53. The van der Waals surface area contributed by atoms with Crippen LogP contribution in [0.25, 0.3) is 0 Å². The van der Waals surface area contributed by atoms with Crippen molar-refractivity contribution in [2.75, 3.05) is 11.5 Å². The SMILES string of the molecule is CC(C)(c1ccc(Oc2ccc(N)cc2C(F)(F)F)cc1)c1cccc(C(C)(C)c2ccc(Oc3ccc(N)cc3C(F)(F)F)cc2)c1. The molecule has 0 saturated carbocycles. The van der Waals surface area contributed by atoms with Gasteiger partial charge in [0.2, 0.25) is 0 Å². The predicted molar refractivity (Wildman–Crippen MR) is 175 cm³/mol. The van der Waals surface area contributed by atoms with E-state index in [4.69, 9.17) is 20.9 Å². The lowest BCUT2D eigenvalue weighted by Gasteiger charge is -2.31. The summed E-state index contributed by atoms with van der Waals surface area (Å²) in [6.45, 7) is 8.20. The first-order chi connectivity index (χ1) is 22.4. The van der Waals surface area contributed by atoms with Crippen LogP contribution in [-0.4, -0.2) is 0 Å².